The zero-order valence-electron chi connectivity index (χ0n) is 9.79. The quantitative estimate of drug-likeness (QED) is 0.730. The Bertz CT molecular complexity index is 421. The number of hydrogen-bond acceptors (Lipinski definition) is 2. The Morgan fingerprint density at radius 1 is 1.35 bits per heavy atom. The molecule has 1 saturated carbocycles. The van der Waals surface area contributed by atoms with Gasteiger partial charge in [0.1, 0.15) is 5.82 Å². The summed E-state index contributed by atoms with van der Waals surface area (Å²) in [4.78, 5) is 0. The van der Waals surface area contributed by atoms with Gasteiger partial charge >= 0.3 is 0 Å². The molecule has 90 valence electrons. The molecule has 0 saturated heterocycles. The molecule has 0 unspecified atom stereocenters. The van der Waals surface area contributed by atoms with Crippen molar-refractivity contribution in [2.45, 2.75) is 32.3 Å². The van der Waals surface area contributed by atoms with Gasteiger partial charge in [0.05, 0.1) is 18.2 Å². The predicted molar refractivity (Wildman–Crippen MR) is 62.7 cm³/mol. The minimum atomic E-state index is -0.373. The number of benzene rings is 1. The first kappa shape index (κ1) is 12.1. The summed E-state index contributed by atoms with van der Waals surface area (Å²) in [5.41, 5.74) is 1.08. The van der Waals surface area contributed by atoms with Gasteiger partial charge in [-0.15, -0.1) is 0 Å². The Labute approximate surface area is 101 Å². The van der Waals surface area contributed by atoms with Gasteiger partial charge in [-0.1, -0.05) is 19.3 Å². The van der Waals surface area contributed by atoms with Crippen LogP contribution in [0.15, 0.2) is 18.2 Å². The minimum absolute atomic E-state index is 0.350. The normalized spacial score (nSPS) is 15.3. The van der Waals surface area contributed by atoms with Crippen molar-refractivity contribution in [1.29, 1.82) is 5.26 Å². The summed E-state index contributed by atoms with van der Waals surface area (Å²) in [5.74, 6) is 0.457. The van der Waals surface area contributed by atoms with Gasteiger partial charge in [-0.2, -0.15) is 5.26 Å². The van der Waals surface area contributed by atoms with Gasteiger partial charge in [-0.25, -0.2) is 4.39 Å². The average Bonchev–Trinajstić information content (AvgIpc) is 2.25. The smallest absolute Gasteiger partial charge is 0.124 e. The largest absolute Gasteiger partial charge is 0.377 e. The minimum Gasteiger partial charge on any atom is -0.377 e. The molecule has 1 fully saturated rings. The van der Waals surface area contributed by atoms with Gasteiger partial charge in [0.15, 0.2) is 0 Å². The molecule has 0 aromatic heterocycles. The Morgan fingerprint density at radius 3 is 2.82 bits per heavy atom. The van der Waals surface area contributed by atoms with Crippen molar-refractivity contribution < 1.29 is 9.13 Å². The van der Waals surface area contributed by atoms with E-state index in [1.54, 1.807) is 6.07 Å². The lowest BCUT2D eigenvalue weighted by Gasteiger charge is -2.24. The van der Waals surface area contributed by atoms with Crippen molar-refractivity contribution in [2.24, 2.45) is 5.92 Å². The van der Waals surface area contributed by atoms with Crippen LogP contribution in [0.25, 0.3) is 0 Å². The highest BCUT2D eigenvalue weighted by Gasteiger charge is 2.16. The molecule has 0 amide bonds. The van der Waals surface area contributed by atoms with Crippen molar-refractivity contribution in [2.75, 3.05) is 6.61 Å². The highest BCUT2D eigenvalue weighted by molar-refractivity contribution is 5.33. The molecule has 1 aromatic rings. The van der Waals surface area contributed by atoms with E-state index in [0.717, 1.165) is 24.5 Å². The Balaban J connectivity index is 1.77. The lowest BCUT2D eigenvalue weighted by atomic mass is 9.83. The molecule has 0 heterocycles. The van der Waals surface area contributed by atoms with E-state index in [1.807, 2.05) is 6.07 Å². The SMILES string of the molecule is N#Cc1cc(F)cc(COCCC2CCC2)c1. The molecule has 3 heteroatoms. The molecule has 1 aliphatic rings. The summed E-state index contributed by atoms with van der Waals surface area (Å²) in [5, 5.41) is 8.71. The lowest BCUT2D eigenvalue weighted by Crippen LogP contribution is -2.13. The average molecular weight is 233 g/mol. The van der Waals surface area contributed by atoms with E-state index in [2.05, 4.69) is 0 Å². The van der Waals surface area contributed by atoms with Gasteiger partial charge in [-0.05, 0) is 36.1 Å². The topological polar surface area (TPSA) is 33.0 Å². The molecular weight excluding hydrogens is 217 g/mol. The molecular formula is C14H16FNO. The van der Waals surface area contributed by atoms with E-state index in [1.165, 1.54) is 31.4 Å². The Hall–Kier alpha value is -1.40. The molecule has 0 spiro atoms. The summed E-state index contributed by atoms with van der Waals surface area (Å²) in [6.45, 7) is 1.11. The summed E-state index contributed by atoms with van der Waals surface area (Å²) in [6.07, 6.45) is 5.09. The summed E-state index contributed by atoms with van der Waals surface area (Å²) >= 11 is 0. The van der Waals surface area contributed by atoms with Crippen LogP contribution in [0, 0.1) is 23.1 Å². The molecule has 0 aliphatic heterocycles. The van der Waals surface area contributed by atoms with Crippen LogP contribution >= 0.6 is 0 Å². The second-order valence-electron chi connectivity index (χ2n) is 4.60. The fraction of sp³-hybridized carbons (Fsp3) is 0.500. The van der Waals surface area contributed by atoms with Gasteiger partial charge in [-0.3, -0.25) is 0 Å². The van der Waals surface area contributed by atoms with Crippen LogP contribution < -0.4 is 0 Å². The third-order valence-corrected chi connectivity index (χ3v) is 3.25. The lowest BCUT2D eigenvalue weighted by molar-refractivity contribution is 0.0948. The third-order valence-electron chi connectivity index (χ3n) is 3.25. The first-order valence-electron chi connectivity index (χ1n) is 6.05. The van der Waals surface area contributed by atoms with E-state index >= 15 is 0 Å². The van der Waals surface area contributed by atoms with Crippen molar-refractivity contribution in [3.8, 4) is 6.07 Å². The summed E-state index contributed by atoms with van der Waals surface area (Å²) in [7, 11) is 0. The summed E-state index contributed by atoms with van der Waals surface area (Å²) < 4.78 is 18.6. The van der Waals surface area contributed by atoms with Crippen LogP contribution in [0.1, 0.15) is 36.8 Å². The van der Waals surface area contributed by atoms with Crippen LogP contribution in [-0.4, -0.2) is 6.61 Å². The highest BCUT2D eigenvalue weighted by Crippen LogP contribution is 2.29. The number of halogens is 1. The number of hydrogen-bond donors (Lipinski definition) is 0. The molecule has 1 aliphatic carbocycles. The first-order valence-corrected chi connectivity index (χ1v) is 6.05. The fourth-order valence-corrected chi connectivity index (χ4v) is 2.02. The molecule has 0 bridgehead atoms. The van der Waals surface area contributed by atoms with Crippen LogP contribution in [0.2, 0.25) is 0 Å². The maximum Gasteiger partial charge on any atom is 0.124 e. The molecule has 17 heavy (non-hydrogen) atoms. The molecule has 0 radical (unpaired) electrons. The van der Waals surface area contributed by atoms with Gasteiger partial charge in [0.25, 0.3) is 0 Å². The van der Waals surface area contributed by atoms with E-state index in [0.29, 0.717) is 12.2 Å². The van der Waals surface area contributed by atoms with Gasteiger partial charge < -0.3 is 4.74 Å². The zero-order chi connectivity index (χ0) is 12.1. The number of nitrogens with zero attached hydrogens (tertiary/aromatic N) is 1. The van der Waals surface area contributed by atoms with E-state index in [9.17, 15) is 4.39 Å². The number of ether oxygens (including phenoxy) is 1. The van der Waals surface area contributed by atoms with Crippen LogP contribution in [0.4, 0.5) is 4.39 Å². The molecule has 2 rings (SSSR count). The fourth-order valence-electron chi connectivity index (χ4n) is 2.02. The van der Waals surface area contributed by atoms with E-state index in [4.69, 9.17) is 10.00 Å². The number of nitriles is 1. The summed E-state index contributed by atoms with van der Waals surface area (Å²) in [6, 6.07) is 6.27. The predicted octanol–water partition coefficient (Wildman–Crippen LogP) is 3.40. The van der Waals surface area contributed by atoms with Gasteiger partial charge in [0.2, 0.25) is 0 Å². The van der Waals surface area contributed by atoms with Crippen molar-refractivity contribution in [3.63, 3.8) is 0 Å². The molecule has 1 aromatic carbocycles. The third kappa shape index (κ3) is 3.54. The highest BCUT2D eigenvalue weighted by atomic mass is 19.1. The first-order chi connectivity index (χ1) is 8.28. The Kier molecular flexibility index (Phi) is 4.11. The van der Waals surface area contributed by atoms with E-state index < -0.39 is 0 Å². The maximum absolute atomic E-state index is 13.1. The van der Waals surface area contributed by atoms with Crippen molar-refractivity contribution in [3.05, 3.63) is 35.1 Å². The molecule has 2 nitrogen and oxygen atoms in total. The van der Waals surface area contributed by atoms with E-state index in [-0.39, 0.29) is 5.82 Å². The van der Waals surface area contributed by atoms with Crippen LogP contribution in [0.5, 0.6) is 0 Å². The number of rotatable bonds is 5. The second kappa shape index (κ2) is 5.79. The molecule has 0 atom stereocenters. The van der Waals surface area contributed by atoms with Crippen molar-refractivity contribution in [1.82, 2.24) is 0 Å². The standard InChI is InChI=1S/C14H16FNO/c15-14-7-12(9-16)6-13(8-14)10-17-5-4-11-2-1-3-11/h6-8,11H,1-5,10H2. The van der Waals surface area contributed by atoms with Crippen LogP contribution in [-0.2, 0) is 11.3 Å². The Morgan fingerprint density at radius 2 is 2.18 bits per heavy atom. The van der Waals surface area contributed by atoms with Crippen LogP contribution in [0.3, 0.4) is 0 Å². The zero-order valence-corrected chi connectivity index (χ0v) is 9.79. The monoisotopic (exact) mass is 233 g/mol. The molecule has 0 N–H and O–H groups in total. The van der Waals surface area contributed by atoms with Gasteiger partial charge in [0, 0.05) is 6.61 Å². The second-order valence-corrected chi connectivity index (χ2v) is 4.60. The maximum atomic E-state index is 13.1. The van der Waals surface area contributed by atoms with Crippen molar-refractivity contribution >= 4 is 0 Å².